The standard InChI is InChI=1S/C19H32O4/c1-3-5-6-7-8-9-10-11-12-13-14-17-23-19(21)16-15-18(20)22-4-2/h3-12,15-17H2,1-2H3. The van der Waals surface area contributed by atoms with Gasteiger partial charge in [-0.05, 0) is 13.3 Å². The second kappa shape index (κ2) is 16.9. The van der Waals surface area contributed by atoms with Crippen LogP contribution in [0.4, 0.5) is 0 Å². The second-order valence-electron chi connectivity index (χ2n) is 5.54. The fraction of sp³-hybridized carbons (Fsp3) is 0.789. The first-order valence-corrected chi connectivity index (χ1v) is 8.97. The molecule has 0 radical (unpaired) electrons. The molecule has 0 aromatic carbocycles. The van der Waals surface area contributed by atoms with Gasteiger partial charge in [0.25, 0.3) is 0 Å². The summed E-state index contributed by atoms with van der Waals surface area (Å²) in [5.74, 6) is 5.08. The summed E-state index contributed by atoms with van der Waals surface area (Å²) in [6, 6.07) is 0. The third kappa shape index (κ3) is 16.7. The van der Waals surface area contributed by atoms with E-state index in [0.717, 1.165) is 12.8 Å². The monoisotopic (exact) mass is 324 g/mol. The van der Waals surface area contributed by atoms with E-state index in [0.29, 0.717) is 6.61 Å². The summed E-state index contributed by atoms with van der Waals surface area (Å²) in [5, 5.41) is 0. The Balaban J connectivity index is 3.38. The highest BCUT2D eigenvalue weighted by molar-refractivity contribution is 5.77. The van der Waals surface area contributed by atoms with Gasteiger partial charge in [-0.15, -0.1) is 0 Å². The molecule has 0 heterocycles. The zero-order valence-corrected chi connectivity index (χ0v) is 14.8. The summed E-state index contributed by atoms with van der Waals surface area (Å²) in [4.78, 5) is 22.4. The molecule has 0 fully saturated rings. The fourth-order valence-electron chi connectivity index (χ4n) is 2.11. The van der Waals surface area contributed by atoms with Gasteiger partial charge in [0.15, 0.2) is 6.61 Å². The van der Waals surface area contributed by atoms with E-state index in [-0.39, 0.29) is 25.4 Å². The number of hydrogen-bond donors (Lipinski definition) is 0. The lowest BCUT2D eigenvalue weighted by Crippen LogP contribution is -2.10. The molecule has 0 spiro atoms. The van der Waals surface area contributed by atoms with Crippen molar-refractivity contribution in [3.63, 3.8) is 0 Å². The van der Waals surface area contributed by atoms with Crippen molar-refractivity contribution in [3.05, 3.63) is 0 Å². The lowest BCUT2D eigenvalue weighted by molar-refractivity contribution is -0.149. The number of rotatable bonds is 13. The molecule has 0 aliphatic carbocycles. The van der Waals surface area contributed by atoms with Gasteiger partial charge in [-0.2, -0.15) is 0 Å². The molecule has 0 saturated heterocycles. The van der Waals surface area contributed by atoms with Crippen molar-refractivity contribution in [2.75, 3.05) is 13.2 Å². The summed E-state index contributed by atoms with van der Waals surface area (Å²) >= 11 is 0. The molecule has 0 saturated carbocycles. The van der Waals surface area contributed by atoms with Crippen LogP contribution in [0.5, 0.6) is 0 Å². The van der Waals surface area contributed by atoms with Crippen LogP contribution in [0.1, 0.15) is 84.5 Å². The Morgan fingerprint density at radius 1 is 0.739 bits per heavy atom. The number of unbranched alkanes of at least 4 members (excludes halogenated alkanes) is 8. The molecule has 0 aliphatic rings. The lowest BCUT2D eigenvalue weighted by atomic mass is 10.1. The third-order valence-electron chi connectivity index (χ3n) is 3.42. The molecule has 0 aromatic heterocycles. The van der Waals surface area contributed by atoms with Gasteiger partial charge in [-0.25, -0.2) is 0 Å². The predicted molar refractivity (Wildman–Crippen MR) is 91.8 cm³/mol. The number of esters is 2. The lowest BCUT2D eigenvalue weighted by Gasteiger charge is -2.01. The van der Waals surface area contributed by atoms with Crippen molar-refractivity contribution in [2.24, 2.45) is 0 Å². The van der Waals surface area contributed by atoms with Crippen LogP contribution in [0.2, 0.25) is 0 Å². The SMILES string of the molecule is CCCCCCCCCCC#CCOC(=O)CCC(=O)OCC. The highest BCUT2D eigenvalue weighted by Crippen LogP contribution is 2.09. The third-order valence-corrected chi connectivity index (χ3v) is 3.42. The number of ether oxygens (including phenoxy) is 2. The number of carbonyl (C=O) groups is 2. The second-order valence-corrected chi connectivity index (χ2v) is 5.54. The van der Waals surface area contributed by atoms with Gasteiger partial charge < -0.3 is 9.47 Å². The molecule has 0 N–H and O–H groups in total. The maximum absolute atomic E-state index is 11.3. The van der Waals surface area contributed by atoms with E-state index in [4.69, 9.17) is 9.47 Å². The Morgan fingerprint density at radius 3 is 1.91 bits per heavy atom. The topological polar surface area (TPSA) is 52.6 Å². The Kier molecular flexibility index (Phi) is 15.8. The molecule has 4 heteroatoms. The van der Waals surface area contributed by atoms with E-state index >= 15 is 0 Å². The van der Waals surface area contributed by atoms with Gasteiger partial charge in [0.05, 0.1) is 19.4 Å². The normalized spacial score (nSPS) is 9.83. The molecule has 0 bridgehead atoms. The summed E-state index contributed by atoms with van der Waals surface area (Å²) in [6.07, 6.45) is 11.3. The van der Waals surface area contributed by atoms with Crippen LogP contribution in [0.3, 0.4) is 0 Å². The van der Waals surface area contributed by atoms with Crippen LogP contribution < -0.4 is 0 Å². The van der Waals surface area contributed by atoms with Gasteiger partial charge in [-0.3, -0.25) is 9.59 Å². The van der Waals surface area contributed by atoms with Crippen molar-refractivity contribution < 1.29 is 19.1 Å². The summed E-state index contributed by atoms with van der Waals surface area (Å²) in [7, 11) is 0. The zero-order valence-electron chi connectivity index (χ0n) is 14.8. The van der Waals surface area contributed by atoms with Crippen LogP contribution in [0.25, 0.3) is 0 Å². The molecule has 132 valence electrons. The van der Waals surface area contributed by atoms with Gasteiger partial charge >= 0.3 is 11.9 Å². The van der Waals surface area contributed by atoms with Crippen molar-refractivity contribution in [1.29, 1.82) is 0 Å². The highest BCUT2D eigenvalue weighted by Gasteiger charge is 2.07. The van der Waals surface area contributed by atoms with Gasteiger partial charge in [0, 0.05) is 6.42 Å². The Hall–Kier alpha value is -1.50. The highest BCUT2D eigenvalue weighted by atomic mass is 16.5. The van der Waals surface area contributed by atoms with E-state index < -0.39 is 5.97 Å². The minimum absolute atomic E-state index is 0.0541. The zero-order chi connectivity index (χ0) is 17.2. The first kappa shape index (κ1) is 21.5. The average molecular weight is 324 g/mol. The molecule has 23 heavy (non-hydrogen) atoms. The maximum atomic E-state index is 11.3. The first-order chi connectivity index (χ1) is 11.2. The van der Waals surface area contributed by atoms with Gasteiger partial charge in [-0.1, -0.05) is 63.7 Å². The van der Waals surface area contributed by atoms with E-state index in [9.17, 15) is 9.59 Å². The molecule has 0 rings (SSSR count). The Morgan fingerprint density at radius 2 is 1.30 bits per heavy atom. The number of hydrogen-bond acceptors (Lipinski definition) is 4. The maximum Gasteiger partial charge on any atom is 0.307 e. The molecule has 0 atom stereocenters. The quantitative estimate of drug-likeness (QED) is 0.286. The van der Waals surface area contributed by atoms with Crippen LogP contribution in [-0.2, 0) is 19.1 Å². The van der Waals surface area contributed by atoms with E-state index in [1.807, 2.05) is 0 Å². The largest absolute Gasteiger partial charge is 0.466 e. The van der Waals surface area contributed by atoms with Crippen LogP contribution in [0, 0.1) is 11.8 Å². The Labute approximate surface area is 141 Å². The van der Waals surface area contributed by atoms with Gasteiger partial charge in [0.1, 0.15) is 0 Å². The van der Waals surface area contributed by atoms with Crippen LogP contribution in [0.15, 0.2) is 0 Å². The minimum Gasteiger partial charge on any atom is -0.466 e. The number of carbonyl (C=O) groups excluding carboxylic acids is 2. The van der Waals surface area contributed by atoms with E-state index in [1.54, 1.807) is 6.92 Å². The van der Waals surface area contributed by atoms with Crippen molar-refractivity contribution >= 4 is 11.9 Å². The van der Waals surface area contributed by atoms with Crippen LogP contribution >= 0.6 is 0 Å². The Bertz CT molecular complexity index is 365. The van der Waals surface area contributed by atoms with Crippen molar-refractivity contribution in [1.82, 2.24) is 0 Å². The minimum atomic E-state index is -0.403. The fourth-order valence-corrected chi connectivity index (χ4v) is 2.11. The van der Waals surface area contributed by atoms with E-state index in [2.05, 4.69) is 18.8 Å². The van der Waals surface area contributed by atoms with E-state index in [1.165, 1.54) is 44.9 Å². The molecule has 0 aliphatic heterocycles. The summed E-state index contributed by atoms with van der Waals surface area (Å²) < 4.78 is 9.67. The first-order valence-electron chi connectivity index (χ1n) is 8.97. The van der Waals surface area contributed by atoms with Gasteiger partial charge in [0.2, 0.25) is 0 Å². The van der Waals surface area contributed by atoms with Crippen molar-refractivity contribution in [2.45, 2.75) is 84.5 Å². The summed E-state index contributed by atoms with van der Waals surface area (Å²) in [5.41, 5.74) is 0. The average Bonchev–Trinajstić information content (AvgIpc) is 2.54. The predicted octanol–water partition coefficient (Wildman–Crippen LogP) is 4.41. The smallest absolute Gasteiger partial charge is 0.307 e. The molecule has 4 nitrogen and oxygen atoms in total. The molecule has 0 amide bonds. The molecule has 0 aromatic rings. The molecule has 0 unspecified atom stereocenters. The van der Waals surface area contributed by atoms with Crippen LogP contribution in [-0.4, -0.2) is 25.2 Å². The molecular weight excluding hydrogens is 292 g/mol. The summed E-state index contributed by atoms with van der Waals surface area (Å²) in [6.45, 7) is 4.41. The molecular formula is C19H32O4. The van der Waals surface area contributed by atoms with Crippen molar-refractivity contribution in [3.8, 4) is 11.8 Å².